The molecule has 3 N–H and O–H groups in total. The molecule has 100 valence electrons. The van der Waals surface area contributed by atoms with Crippen LogP contribution in [0.5, 0.6) is 0 Å². The van der Waals surface area contributed by atoms with Crippen LogP contribution in [-0.2, 0) is 14.8 Å². The second-order valence-electron chi connectivity index (χ2n) is 4.02. The molecule has 0 aliphatic rings. The van der Waals surface area contributed by atoms with E-state index in [-0.39, 0.29) is 4.90 Å². The van der Waals surface area contributed by atoms with Crippen molar-refractivity contribution in [2.45, 2.75) is 24.8 Å². The molecule has 1 aromatic rings. The Labute approximate surface area is 105 Å². The molecule has 6 nitrogen and oxygen atoms in total. The number of aryl methyl sites for hydroxylation is 2. The molecule has 0 aliphatic heterocycles. The fourth-order valence-corrected chi connectivity index (χ4v) is 2.88. The van der Waals surface area contributed by atoms with Crippen LogP contribution in [0.1, 0.15) is 11.1 Å². The highest BCUT2D eigenvalue weighted by atomic mass is 32.2. The van der Waals surface area contributed by atoms with Crippen molar-refractivity contribution >= 4 is 16.0 Å². The lowest BCUT2D eigenvalue weighted by atomic mass is 10.2. The Morgan fingerprint density at radius 2 is 1.78 bits per heavy atom. The zero-order valence-corrected chi connectivity index (χ0v) is 10.9. The summed E-state index contributed by atoms with van der Waals surface area (Å²) in [4.78, 5) is 10.7. The Kier molecular flexibility index (Phi) is 4.44. The van der Waals surface area contributed by atoms with Crippen molar-refractivity contribution in [3.63, 3.8) is 0 Å². The predicted molar refractivity (Wildman–Crippen MR) is 64.7 cm³/mol. The van der Waals surface area contributed by atoms with Gasteiger partial charge in [0.05, 0.1) is 11.5 Å². The summed E-state index contributed by atoms with van der Waals surface area (Å²) in [6, 6.07) is 3.13. The number of rotatable bonds is 5. The quantitative estimate of drug-likeness (QED) is 0.702. The smallest absolute Gasteiger partial charge is 0.324 e. The Bertz CT molecular complexity index is 532. The lowest BCUT2D eigenvalue weighted by molar-refractivity contribution is -0.139. The summed E-state index contributed by atoms with van der Waals surface area (Å²) in [5.41, 5.74) is 1.51. The van der Waals surface area contributed by atoms with E-state index in [2.05, 4.69) is 0 Å². The van der Waals surface area contributed by atoms with E-state index in [0.29, 0.717) is 0 Å². The van der Waals surface area contributed by atoms with Crippen LogP contribution in [0.2, 0.25) is 0 Å². The van der Waals surface area contributed by atoms with Crippen LogP contribution < -0.4 is 4.72 Å². The predicted octanol–water partition coefficient (Wildman–Crippen LogP) is 0.0272. The van der Waals surface area contributed by atoms with Crippen molar-refractivity contribution in [1.82, 2.24) is 4.72 Å². The minimum atomic E-state index is -3.95. The van der Waals surface area contributed by atoms with E-state index >= 15 is 0 Å². The standard InChI is InChI=1S/C11H15NO5S/c1-7-3-8(2)5-9(4-7)18(16,17)12-10(6-13)11(14)15/h3-5,10,12-13H,6H2,1-2H3,(H,14,15)/t10-/m1/s1. The Morgan fingerprint density at radius 3 is 2.17 bits per heavy atom. The maximum Gasteiger partial charge on any atom is 0.324 e. The maximum atomic E-state index is 11.9. The molecule has 7 heteroatoms. The third-order valence-corrected chi connectivity index (χ3v) is 3.73. The number of aliphatic hydroxyl groups is 1. The monoisotopic (exact) mass is 273 g/mol. The van der Waals surface area contributed by atoms with Gasteiger partial charge in [0.1, 0.15) is 6.04 Å². The number of carboxylic acid groups (broad SMARTS) is 1. The molecular weight excluding hydrogens is 258 g/mol. The fraction of sp³-hybridized carbons (Fsp3) is 0.364. The number of nitrogens with one attached hydrogen (secondary N) is 1. The molecule has 0 amide bonds. The van der Waals surface area contributed by atoms with E-state index in [4.69, 9.17) is 10.2 Å². The SMILES string of the molecule is Cc1cc(C)cc(S(=O)(=O)N[C@H](CO)C(=O)O)c1. The molecule has 0 unspecified atom stereocenters. The van der Waals surface area contributed by atoms with Crippen LogP contribution in [0.4, 0.5) is 0 Å². The topological polar surface area (TPSA) is 104 Å². The van der Waals surface area contributed by atoms with Gasteiger partial charge in [-0.2, -0.15) is 4.72 Å². The van der Waals surface area contributed by atoms with Crippen LogP contribution in [0.15, 0.2) is 23.1 Å². The van der Waals surface area contributed by atoms with Crippen molar-refractivity contribution in [1.29, 1.82) is 0 Å². The average molecular weight is 273 g/mol. The lowest BCUT2D eigenvalue weighted by Gasteiger charge is -2.13. The average Bonchev–Trinajstić information content (AvgIpc) is 2.24. The molecule has 18 heavy (non-hydrogen) atoms. The summed E-state index contributed by atoms with van der Waals surface area (Å²) in [5, 5.41) is 17.5. The number of benzene rings is 1. The molecular formula is C11H15NO5S. The second-order valence-corrected chi connectivity index (χ2v) is 5.73. The van der Waals surface area contributed by atoms with E-state index in [1.54, 1.807) is 19.9 Å². The van der Waals surface area contributed by atoms with Gasteiger partial charge >= 0.3 is 5.97 Å². The molecule has 0 saturated carbocycles. The summed E-state index contributed by atoms with van der Waals surface area (Å²) in [7, 11) is -3.95. The molecule has 1 rings (SSSR count). The third-order valence-electron chi connectivity index (χ3n) is 2.28. The Hall–Kier alpha value is -1.44. The summed E-state index contributed by atoms with van der Waals surface area (Å²) in [6.45, 7) is 2.68. The Balaban J connectivity index is 3.10. The van der Waals surface area contributed by atoms with Gasteiger partial charge in [-0.15, -0.1) is 0 Å². The molecule has 0 aromatic heterocycles. The zero-order chi connectivity index (χ0) is 13.9. The summed E-state index contributed by atoms with van der Waals surface area (Å²) in [6.07, 6.45) is 0. The van der Waals surface area contributed by atoms with E-state index in [9.17, 15) is 13.2 Å². The van der Waals surface area contributed by atoms with Crippen molar-refractivity contribution in [2.75, 3.05) is 6.61 Å². The van der Waals surface area contributed by atoms with Gasteiger partial charge in [0, 0.05) is 0 Å². The summed E-state index contributed by atoms with van der Waals surface area (Å²) < 4.78 is 25.8. The van der Waals surface area contributed by atoms with Gasteiger partial charge in [-0.05, 0) is 37.1 Å². The molecule has 1 aromatic carbocycles. The fourth-order valence-electron chi connectivity index (χ4n) is 1.51. The number of sulfonamides is 1. The number of aliphatic hydroxyl groups excluding tert-OH is 1. The maximum absolute atomic E-state index is 11.9. The molecule has 0 fully saturated rings. The molecule has 1 atom stereocenters. The van der Waals surface area contributed by atoms with Gasteiger partial charge in [0.15, 0.2) is 0 Å². The van der Waals surface area contributed by atoms with Crippen LogP contribution >= 0.6 is 0 Å². The Morgan fingerprint density at radius 1 is 1.28 bits per heavy atom. The van der Waals surface area contributed by atoms with Gasteiger partial charge in [-0.25, -0.2) is 8.42 Å². The number of carbonyl (C=O) groups is 1. The van der Waals surface area contributed by atoms with Gasteiger partial charge in [-0.3, -0.25) is 4.79 Å². The summed E-state index contributed by atoms with van der Waals surface area (Å²) in [5.74, 6) is -1.43. The highest BCUT2D eigenvalue weighted by Gasteiger charge is 2.24. The number of hydrogen-bond acceptors (Lipinski definition) is 4. The first kappa shape index (κ1) is 14.6. The minimum absolute atomic E-state index is 0.0142. The molecule has 0 saturated heterocycles. The van der Waals surface area contributed by atoms with Crippen molar-refractivity contribution in [3.05, 3.63) is 29.3 Å². The van der Waals surface area contributed by atoms with E-state index in [1.165, 1.54) is 12.1 Å². The summed E-state index contributed by atoms with van der Waals surface area (Å²) >= 11 is 0. The lowest BCUT2D eigenvalue weighted by Crippen LogP contribution is -2.43. The van der Waals surface area contributed by atoms with Gasteiger partial charge in [0.2, 0.25) is 10.0 Å². The third kappa shape index (κ3) is 3.52. The largest absolute Gasteiger partial charge is 0.480 e. The van der Waals surface area contributed by atoms with Crippen molar-refractivity contribution < 1.29 is 23.4 Å². The molecule has 0 spiro atoms. The van der Waals surface area contributed by atoms with E-state index < -0.39 is 28.6 Å². The normalized spacial score (nSPS) is 13.3. The molecule has 0 radical (unpaired) electrons. The first-order chi connectivity index (χ1) is 8.26. The van der Waals surface area contributed by atoms with Gasteiger partial charge in [0.25, 0.3) is 0 Å². The molecule has 0 aliphatic carbocycles. The first-order valence-corrected chi connectivity index (χ1v) is 6.69. The van der Waals surface area contributed by atoms with Gasteiger partial charge < -0.3 is 10.2 Å². The number of aliphatic carboxylic acids is 1. The second kappa shape index (κ2) is 5.47. The molecule has 0 heterocycles. The van der Waals surface area contributed by atoms with E-state index in [1.807, 2.05) is 4.72 Å². The van der Waals surface area contributed by atoms with Crippen molar-refractivity contribution in [2.24, 2.45) is 0 Å². The highest BCUT2D eigenvalue weighted by Crippen LogP contribution is 2.14. The first-order valence-electron chi connectivity index (χ1n) is 5.20. The van der Waals surface area contributed by atoms with Gasteiger partial charge in [-0.1, -0.05) is 6.07 Å². The zero-order valence-electron chi connectivity index (χ0n) is 10.0. The van der Waals surface area contributed by atoms with Crippen LogP contribution in [0.3, 0.4) is 0 Å². The molecule has 0 bridgehead atoms. The van der Waals surface area contributed by atoms with Crippen LogP contribution in [-0.4, -0.2) is 37.2 Å². The van der Waals surface area contributed by atoms with Crippen LogP contribution in [0, 0.1) is 13.8 Å². The van der Waals surface area contributed by atoms with E-state index in [0.717, 1.165) is 11.1 Å². The number of hydrogen-bond donors (Lipinski definition) is 3. The highest BCUT2D eigenvalue weighted by molar-refractivity contribution is 7.89. The number of carboxylic acids is 1. The van der Waals surface area contributed by atoms with Crippen LogP contribution in [0.25, 0.3) is 0 Å². The van der Waals surface area contributed by atoms with Crippen molar-refractivity contribution in [3.8, 4) is 0 Å². The minimum Gasteiger partial charge on any atom is -0.480 e.